The van der Waals surface area contributed by atoms with Crippen molar-refractivity contribution in [1.29, 1.82) is 0 Å². The molecule has 2 rings (SSSR count). The molecule has 4 nitrogen and oxygen atoms in total. The predicted molar refractivity (Wildman–Crippen MR) is 59.7 cm³/mol. The Bertz CT molecular complexity index is 226. The number of hydrogen-bond donors (Lipinski definition) is 2. The average Bonchev–Trinajstić information content (AvgIpc) is 2.25. The number of piperidine rings is 1. The molecule has 0 aliphatic carbocycles. The van der Waals surface area contributed by atoms with Gasteiger partial charge >= 0.3 is 0 Å². The maximum Gasteiger partial charge on any atom is 0.234 e. The van der Waals surface area contributed by atoms with Gasteiger partial charge in [0, 0.05) is 25.2 Å². The van der Waals surface area contributed by atoms with Crippen LogP contribution in [0.1, 0.15) is 26.2 Å². The first-order valence-electron chi connectivity index (χ1n) is 6.00. The molecule has 4 heteroatoms. The molecule has 0 saturated carbocycles. The number of carbonyl (C=O) groups is 1. The Hall–Kier alpha value is -0.610. The molecule has 2 N–H and O–H groups in total. The van der Waals surface area contributed by atoms with Crippen LogP contribution in [0.25, 0.3) is 0 Å². The van der Waals surface area contributed by atoms with E-state index < -0.39 is 0 Å². The summed E-state index contributed by atoms with van der Waals surface area (Å²) >= 11 is 0. The van der Waals surface area contributed by atoms with Gasteiger partial charge in [-0.25, -0.2) is 0 Å². The van der Waals surface area contributed by atoms with Gasteiger partial charge in [-0.1, -0.05) is 6.42 Å². The molecule has 0 aromatic heterocycles. The number of nitrogens with zero attached hydrogens (tertiary/aromatic N) is 1. The maximum atomic E-state index is 11.3. The van der Waals surface area contributed by atoms with Crippen LogP contribution in [0.3, 0.4) is 0 Å². The average molecular weight is 211 g/mol. The molecule has 2 heterocycles. The van der Waals surface area contributed by atoms with Gasteiger partial charge in [-0.15, -0.1) is 0 Å². The highest BCUT2D eigenvalue weighted by Gasteiger charge is 2.25. The van der Waals surface area contributed by atoms with Gasteiger partial charge < -0.3 is 10.6 Å². The van der Waals surface area contributed by atoms with E-state index in [1.165, 1.54) is 19.3 Å². The predicted octanol–water partition coefficient (Wildman–Crippen LogP) is -0.0512. The summed E-state index contributed by atoms with van der Waals surface area (Å²) in [6.07, 6.45) is 3.88. The van der Waals surface area contributed by atoms with Crippen LogP contribution < -0.4 is 10.6 Å². The molecule has 2 atom stereocenters. The van der Waals surface area contributed by atoms with Gasteiger partial charge in [-0.2, -0.15) is 0 Å². The first-order valence-corrected chi connectivity index (χ1v) is 6.00. The molecule has 2 fully saturated rings. The van der Waals surface area contributed by atoms with Gasteiger partial charge in [0.05, 0.1) is 6.54 Å². The molecule has 2 aliphatic heterocycles. The van der Waals surface area contributed by atoms with Gasteiger partial charge in [0.25, 0.3) is 0 Å². The summed E-state index contributed by atoms with van der Waals surface area (Å²) in [5, 5.41) is 6.43. The van der Waals surface area contributed by atoms with Crippen molar-refractivity contribution in [1.82, 2.24) is 15.5 Å². The summed E-state index contributed by atoms with van der Waals surface area (Å²) in [5.41, 5.74) is 0. The van der Waals surface area contributed by atoms with E-state index in [0.717, 1.165) is 19.6 Å². The van der Waals surface area contributed by atoms with Gasteiger partial charge in [0.15, 0.2) is 0 Å². The lowest BCUT2D eigenvalue weighted by molar-refractivity contribution is -0.125. The molecule has 15 heavy (non-hydrogen) atoms. The standard InChI is InChI=1S/C11H21N3O/c1-9-6-13-11(15)8-14(9)7-10-4-2-3-5-12-10/h9-10,12H,2-8H2,1H3,(H,13,15). The van der Waals surface area contributed by atoms with E-state index in [2.05, 4.69) is 22.5 Å². The molecule has 2 aliphatic rings. The SMILES string of the molecule is CC1CNC(=O)CN1CC1CCCCN1. The van der Waals surface area contributed by atoms with E-state index in [9.17, 15) is 4.79 Å². The molecule has 0 bridgehead atoms. The molecule has 2 saturated heterocycles. The van der Waals surface area contributed by atoms with Crippen LogP contribution in [0.5, 0.6) is 0 Å². The van der Waals surface area contributed by atoms with E-state index in [1.807, 2.05) is 0 Å². The minimum atomic E-state index is 0.170. The second-order valence-electron chi connectivity index (χ2n) is 4.73. The third-order valence-electron chi connectivity index (χ3n) is 3.43. The van der Waals surface area contributed by atoms with Gasteiger partial charge in [-0.3, -0.25) is 9.69 Å². The quantitative estimate of drug-likeness (QED) is 0.673. The highest BCUT2D eigenvalue weighted by atomic mass is 16.2. The summed E-state index contributed by atoms with van der Waals surface area (Å²) in [5.74, 6) is 0.170. The lowest BCUT2D eigenvalue weighted by atomic mass is 10.0. The van der Waals surface area contributed by atoms with E-state index in [-0.39, 0.29) is 5.91 Å². The Balaban J connectivity index is 1.83. The molecule has 0 aromatic rings. The molecule has 0 aromatic carbocycles. The van der Waals surface area contributed by atoms with Crippen molar-refractivity contribution in [2.45, 2.75) is 38.3 Å². The normalized spacial score (nSPS) is 33.8. The molecule has 1 amide bonds. The van der Waals surface area contributed by atoms with Crippen molar-refractivity contribution in [2.24, 2.45) is 0 Å². The van der Waals surface area contributed by atoms with Gasteiger partial charge in [0.2, 0.25) is 5.91 Å². The number of carbonyl (C=O) groups excluding carboxylic acids is 1. The van der Waals surface area contributed by atoms with Crippen molar-refractivity contribution >= 4 is 5.91 Å². The van der Waals surface area contributed by atoms with Crippen LogP contribution in [-0.4, -0.2) is 49.1 Å². The first-order chi connectivity index (χ1) is 7.25. The number of amides is 1. The Morgan fingerprint density at radius 3 is 3.07 bits per heavy atom. The zero-order valence-electron chi connectivity index (χ0n) is 9.46. The molecule has 0 radical (unpaired) electrons. The summed E-state index contributed by atoms with van der Waals surface area (Å²) in [4.78, 5) is 13.6. The second-order valence-corrected chi connectivity index (χ2v) is 4.73. The second kappa shape index (κ2) is 4.94. The molecular formula is C11H21N3O. The van der Waals surface area contributed by atoms with Gasteiger partial charge in [0.1, 0.15) is 0 Å². The van der Waals surface area contributed by atoms with Crippen molar-refractivity contribution in [2.75, 3.05) is 26.2 Å². The lowest BCUT2D eigenvalue weighted by Gasteiger charge is -2.36. The molecule has 0 spiro atoms. The topological polar surface area (TPSA) is 44.4 Å². The first kappa shape index (κ1) is 10.9. The van der Waals surface area contributed by atoms with Crippen LogP contribution >= 0.6 is 0 Å². The van der Waals surface area contributed by atoms with E-state index >= 15 is 0 Å². The fraction of sp³-hybridized carbons (Fsp3) is 0.909. The third-order valence-corrected chi connectivity index (χ3v) is 3.43. The largest absolute Gasteiger partial charge is 0.353 e. The third kappa shape index (κ3) is 2.92. The Labute approximate surface area is 91.4 Å². The monoisotopic (exact) mass is 211 g/mol. The van der Waals surface area contributed by atoms with E-state index in [0.29, 0.717) is 18.6 Å². The van der Waals surface area contributed by atoms with Crippen LogP contribution in [0.4, 0.5) is 0 Å². The summed E-state index contributed by atoms with van der Waals surface area (Å²) in [7, 11) is 0. The Morgan fingerprint density at radius 2 is 2.33 bits per heavy atom. The summed E-state index contributed by atoms with van der Waals surface area (Å²) < 4.78 is 0. The summed E-state index contributed by atoms with van der Waals surface area (Å²) in [6.45, 7) is 5.71. The van der Waals surface area contributed by atoms with Crippen LogP contribution in [0.2, 0.25) is 0 Å². The fourth-order valence-electron chi connectivity index (χ4n) is 2.39. The highest BCUT2D eigenvalue weighted by Crippen LogP contribution is 2.11. The molecular weight excluding hydrogens is 190 g/mol. The number of nitrogens with one attached hydrogen (secondary N) is 2. The Morgan fingerprint density at radius 1 is 1.47 bits per heavy atom. The lowest BCUT2D eigenvalue weighted by Crippen LogP contribution is -2.56. The smallest absolute Gasteiger partial charge is 0.234 e. The van der Waals surface area contributed by atoms with Crippen LogP contribution in [0, 0.1) is 0 Å². The molecule has 2 unspecified atom stereocenters. The van der Waals surface area contributed by atoms with Crippen molar-refractivity contribution < 1.29 is 4.79 Å². The van der Waals surface area contributed by atoms with Crippen molar-refractivity contribution in [3.63, 3.8) is 0 Å². The van der Waals surface area contributed by atoms with Crippen LogP contribution in [0.15, 0.2) is 0 Å². The Kier molecular flexibility index (Phi) is 3.59. The minimum absolute atomic E-state index is 0.170. The summed E-state index contributed by atoms with van der Waals surface area (Å²) in [6, 6.07) is 1.07. The zero-order valence-corrected chi connectivity index (χ0v) is 9.46. The number of rotatable bonds is 2. The van der Waals surface area contributed by atoms with Crippen molar-refractivity contribution in [3.05, 3.63) is 0 Å². The van der Waals surface area contributed by atoms with E-state index in [1.54, 1.807) is 0 Å². The van der Waals surface area contributed by atoms with E-state index in [4.69, 9.17) is 0 Å². The van der Waals surface area contributed by atoms with Crippen LogP contribution in [-0.2, 0) is 4.79 Å². The number of hydrogen-bond acceptors (Lipinski definition) is 3. The fourth-order valence-corrected chi connectivity index (χ4v) is 2.39. The number of piperazine rings is 1. The van der Waals surface area contributed by atoms with Crippen molar-refractivity contribution in [3.8, 4) is 0 Å². The minimum Gasteiger partial charge on any atom is -0.353 e. The maximum absolute atomic E-state index is 11.3. The molecule has 86 valence electrons. The highest BCUT2D eigenvalue weighted by molar-refractivity contribution is 5.78. The zero-order chi connectivity index (χ0) is 10.7. The van der Waals surface area contributed by atoms with Gasteiger partial charge in [-0.05, 0) is 26.3 Å².